The number of hydrogen-bond acceptors (Lipinski definition) is 0. The molecule has 1 rings (SSSR count). The molecule has 0 saturated carbocycles. The minimum absolute atomic E-state index is 1.05. The van der Waals surface area contributed by atoms with E-state index in [1.54, 1.807) is 0 Å². The van der Waals surface area contributed by atoms with Crippen molar-refractivity contribution in [1.82, 2.24) is 0 Å². The smallest absolute Gasteiger partial charge is 0.0166 e. The Kier molecular flexibility index (Phi) is 6.74. The monoisotopic (exact) mass is 188 g/mol. The summed E-state index contributed by atoms with van der Waals surface area (Å²) < 4.78 is 0. The second-order valence-corrected chi connectivity index (χ2v) is 3.55. The molecule has 0 bridgehead atoms. The summed E-state index contributed by atoms with van der Waals surface area (Å²) in [4.78, 5) is 0. The van der Waals surface area contributed by atoms with Gasteiger partial charge in [0.05, 0.1) is 0 Å². The van der Waals surface area contributed by atoms with Gasteiger partial charge in [0.25, 0.3) is 0 Å². The maximum Gasteiger partial charge on any atom is -0.0166 e. The van der Waals surface area contributed by atoms with E-state index in [1.165, 1.54) is 25.7 Å². The van der Waals surface area contributed by atoms with Crippen LogP contribution in [0.5, 0.6) is 0 Å². The molecule has 0 fully saturated rings. The molecule has 1 aliphatic rings. The third-order valence-electron chi connectivity index (χ3n) is 2.25. The molecule has 1 aliphatic carbocycles. The first-order valence-corrected chi connectivity index (χ1v) is 5.62. The molecule has 0 heteroatoms. The van der Waals surface area contributed by atoms with E-state index in [0.717, 1.165) is 12.8 Å². The Balaban J connectivity index is 2.35. The Morgan fingerprint density at radius 1 is 0.500 bits per heavy atom. The average Bonchev–Trinajstić information content (AvgIpc) is 2.22. The predicted molar refractivity (Wildman–Crippen MR) is 64.3 cm³/mol. The lowest BCUT2D eigenvalue weighted by molar-refractivity contribution is 0.761. The molecule has 0 spiro atoms. The van der Waals surface area contributed by atoms with E-state index in [9.17, 15) is 0 Å². The van der Waals surface area contributed by atoms with Gasteiger partial charge in [-0.05, 0) is 38.5 Å². The van der Waals surface area contributed by atoms with Gasteiger partial charge in [-0.3, -0.25) is 0 Å². The minimum atomic E-state index is 1.05. The molecule has 0 aromatic rings. The highest BCUT2D eigenvalue weighted by atomic mass is 13.9. The fourth-order valence-electron chi connectivity index (χ4n) is 1.42. The fraction of sp³-hybridized carbons (Fsp3) is 0.429. The highest BCUT2D eigenvalue weighted by molar-refractivity contribution is 5.05. The Morgan fingerprint density at radius 3 is 1.93 bits per heavy atom. The lowest BCUT2D eigenvalue weighted by Crippen LogP contribution is -1.72. The van der Waals surface area contributed by atoms with Crippen molar-refractivity contribution >= 4 is 0 Å². The van der Waals surface area contributed by atoms with E-state index < -0.39 is 0 Å². The van der Waals surface area contributed by atoms with Gasteiger partial charge >= 0.3 is 0 Å². The minimum Gasteiger partial charge on any atom is -0.0882 e. The molecule has 0 amide bonds. The molecule has 0 aromatic carbocycles. The van der Waals surface area contributed by atoms with Gasteiger partial charge in [0.2, 0.25) is 0 Å². The molecular formula is C14H20. The zero-order chi connectivity index (χ0) is 9.90. The molecule has 0 atom stereocenters. The summed E-state index contributed by atoms with van der Waals surface area (Å²) in [5, 5.41) is 0. The molecule has 0 heterocycles. The van der Waals surface area contributed by atoms with Crippen molar-refractivity contribution in [3.8, 4) is 0 Å². The standard InChI is InChI=1S/C14H20/c1-2-4-6-8-10-12-14-13-11-9-7-5-3-1/h1-4,7,9,13-14H,5-6,8,10-12H2/b3-1?,4-2?,9-7+,14-13-. The third kappa shape index (κ3) is 6.47. The Morgan fingerprint density at radius 2 is 1.07 bits per heavy atom. The van der Waals surface area contributed by atoms with Crippen molar-refractivity contribution in [2.24, 2.45) is 0 Å². The molecule has 0 unspecified atom stereocenters. The maximum atomic E-state index is 2.30. The summed E-state index contributed by atoms with van der Waals surface area (Å²) in [6.07, 6.45) is 25.0. The van der Waals surface area contributed by atoms with E-state index in [1.807, 2.05) is 0 Å². The van der Waals surface area contributed by atoms with Crippen LogP contribution in [0, 0.1) is 0 Å². The maximum absolute atomic E-state index is 2.30. The lowest BCUT2D eigenvalue weighted by atomic mass is 10.1. The van der Waals surface area contributed by atoms with Gasteiger partial charge in [0, 0.05) is 0 Å². The largest absolute Gasteiger partial charge is 0.0882 e. The van der Waals surface area contributed by atoms with Gasteiger partial charge in [0.1, 0.15) is 0 Å². The van der Waals surface area contributed by atoms with Crippen LogP contribution in [0.4, 0.5) is 0 Å². The van der Waals surface area contributed by atoms with Crippen LogP contribution in [0.2, 0.25) is 0 Å². The van der Waals surface area contributed by atoms with Crippen molar-refractivity contribution < 1.29 is 0 Å². The van der Waals surface area contributed by atoms with E-state index in [0.29, 0.717) is 0 Å². The molecule has 0 radical (unpaired) electrons. The van der Waals surface area contributed by atoms with Gasteiger partial charge in [-0.25, -0.2) is 0 Å². The normalized spacial score (nSPS) is 24.0. The molecular weight excluding hydrogens is 168 g/mol. The van der Waals surface area contributed by atoms with Crippen LogP contribution in [0.3, 0.4) is 0 Å². The van der Waals surface area contributed by atoms with E-state index in [2.05, 4.69) is 48.6 Å². The van der Waals surface area contributed by atoms with Crippen molar-refractivity contribution in [2.75, 3.05) is 0 Å². The van der Waals surface area contributed by atoms with Gasteiger partial charge < -0.3 is 0 Å². The Hall–Kier alpha value is -1.04. The van der Waals surface area contributed by atoms with Crippen molar-refractivity contribution in [3.63, 3.8) is 0 Å². The summed E-state index contributed by atoms with van der Waals surface area (Å²) in [7, 11) is 0. The number of rotatable bonds is 0. The first-order valence-electron chi connectivity index (χ1n) is 5.62. The average molecular weight is 188 g/mol. The van der Waals surface area contributed by atoms with Crippen molar-refractivity contribution in [2.45, 2.75) is 38.5 Å². The molecule has 0 N–H and O–H groups in total. The van der Waals surface area contributed by atoms with Crippen LogP contribution in [-0.2, 0) is 0 Å². The summed E-state index contributed by atoms with van der Waals surface area (Å²) >= 11 is 0. The van der Waals surface area contributed by atoms with Crippen LogP contribution in [-0.4, -0.2) is 0 Å². The first kappa shape index (κ1) is 11.0. The Bertz CT molecular complexity index is 228. The second-order valence-electron chi connectivity index (χ2n) is 3.55. The van der Waals surface area contributed by atoms with Gasteiger partial charge in [0.15, 0.2) is 0 Å². The summed E-state index contributed by atoms with van der Waals surface area (Å²) in [6.45, 7) is 0. The summed E-state index contributed by atoms with van der Waals surface area (Å²) in [5.74, 6) is 0. The SMILES string of the molecule is C1=CC/C=C/C/C=C\CCCCC=C1. The fourth-order valence-corrected chi connectivity index (χ4v) is 1.42. The molecule has 76 valence electrons. The van der Waals surface area contributed by atoms with Crippen LogP contribution >= 0.6 is 0 Å². The topological polar surface area (TPSA) is 0 Å². The third-order valence-corrected chi connectivity index (χ3v) is 2.25. The number of hydrogen-bond donors (Lipinski definition) is 0. The first-order chi connectivity index (χ1) is 7.00. The van der Waals surface area contributed by atoms with E-state index >= 15 is 0 Å². The lowest BCUT2D eigenvalue weighted by Gasteiger charge is -1.93. The predicted octanol–water partition coefficient (Wildman–Crippen LogP) is 4.57. The van der Waals surface area contributed by atoms with E-state index in [-0.39, 0.29) is 0 Å². The van der Waals surface area contributed by atoms with Crippen LogP contribution in [0.15, 0.2) is 48.6 Å². The van der Waals surface area contributed by atoms with Gasteiger partial charge in [-0.1, -0.05) is 48.6 Å². The zero-order valence-corrected chi connectivity index (χ0v) is 8.86. The van der Waals surface area contributed by atoms with Gasteiger partial charge in [-0.15, -0.1) is 0 Å². The van der Waals surface area contributed by atoms with E-state index in [4.69, 9.17) is 0 Å². The van der Waals surface area contributed by atoms with Gasteiger partial charge in [-0.2, -0.15) is 0 Å². The molecule has 0 saturated heterocycles. The molecule has 0 aliphatic heterocycles. The van der Waals surface area contributed by atoms with Crippen LogP contribution in [0.25, 0.3) is 0 Å². The summed E-state index contributed by atoms with van der Waals surface area (Å²) in [6, 6.07) is 0. The van der Waals surface area contributed by atoms with Crippen molar-refractivity contribution in [3.05, 3.63) is 48.6 Å². The summed E-state index contributed by atoms with van der Waals surface area (Å²) in [5.41, 5.74) is 0. The molecule has 0 aromatic heterocycles. The highest BCUT2D eigenvalue weighted by Gasteiger charge is 1.83. The Labute approximate surface area is 87.7 Å². The molecule has 0 nitrogen and oxygen atoms in total. The van der Waals surface area contributed by atoms with Crippen LogP contribution < -0.4 is 0 Å². The van der Waals surface area contributed by atoms with Crippen molar-refractivity contribution in [1.29, 1.82) is 0 Å². The van der Waals surface area contributed by atoms with Crippen LogP contribution in [0.1, 0.15) is 38.5 Å². The highest BCUT2D eigenvalue weighted by Crippen LogP contribution is 2.03. The number of allylic oxidation sites excluding steroid dienone is 8. The zero-order valence-electron chi connectivity index (χ0n) is 8.86. The second kappa shape index (κ2) is 8.55. The quantitative estimate of drug-likeness (QED) is 0.489. The molecule has 14 heavy (non-hydrogen) atoms.